The Bertz CT molecular complexity index is 596. The maximum absolute atomic E-state index is 11.8. The van der Waals surface area contributed by atoms with Crippen LogP contribution in [0.4, 0.5) is 5.82 Å². The van der Waals surface area contributed by atoms with Crippen LogP contribution >= 0.6 is 11.6 Å². The molecule has 0 aliphatic heterocycles. The molecule has 20 heavy (non-hydrogen) atoms. The zero-order chi connectivity index (χ0) is 14.5. The standard InChI is InChI=1S/C14H17ClN4O/c1-2-5-11(16)14(20)17-13-8-9-19(18-13)12-7-4-3-6-10(12)15/h3-4,6-9,11H,2,5,16H2,1H3,(H,17,18,20). The van der Waals surface area contributed by atoms with Gasteiger partial charge in [-0.05, 0) is 18.6 Å². The lowest BCUT2D eigenvalue weighted by Crippen LogP contribution is -2.35. The topological polar surface area (TPSA) is 72.9 Å². The third-order valence-corrected chi connectivity index (χ3v) is 3.20. The minimum Gasteiger partial charge on any atom is -0.320 e. The SMILES string of the molecule is CCCC(N)C(=O)Nc1ccn(-c2ccccc2Cl)n1. The van der Waals surface area contributed by atoms with Crippen LogP contribution in [0.1, 0.15) is 19.8 Å². The molecule has 1 amide bonds. The van der Waals surface area contributed by atoms with E-state index in [-0.39, 0.29) is 5.91 Å². The number of para-hydroxylation sites is 1. The highest BCUT2D eigenvalue weighted by Gasteiger charge is 2.14. The predicted molar refractivity (Wildman–Crippen MR) is 80.1 cm³/mol. The van der Waals surface area contributed by atoms with Crippen LogP contribution in [0.3, 0.4) is 0 Å². The van der Waals surface area contributed by atoms with Crippen LogP contribution in [0.2, 0.25) is 5.02 Å². The molecule has 0 spiro atoms. The molecule has 0 saturated heterocycles. The fourth-order valence-corrected chi connectivity index (χ4v) is 2.05. The summed E-state index contributed by atoms with van der Waals surface area (Å²) in [5.41, 5.74) is 6.51. The summed E-state index contributed by atoms with van der Waals surface area (Å²) in [5, 5.41) is 7.56. The third kappa shape index (κ3) is 3.37. The number of anilines is 1. The molecule has 0 saturated carbocycles. The number of hydrogen-bond donors (Lipinski definition) is 2. The fraction of sp³-hybridized carbons (Fsp3) is 0.286. The highest BCUT2D eigenvalue weighted by molar-refractivity contribution is 6.32. The van der Waals surface area contributed by atoms with Crippen molar-refractivity contribution in [2.24, 2.45) is 5.73 Å². The van der Waals surface area contributed by atoms with E-state index in [9.17, 15) is 4.79 Å². The maximum Gasteiger partial charge on any atom is 0.242 e. The van der Waals surface area contributed by atoms with Gasteiger partial charge in [0.15, 0.2) is 5.82 Å². The number of nitrogens with zero attached hydrogens (tertiary/aromatic N) is 2. The summed E-state index contributed by atoms with van der Waals surface area (Å²) in [6.07, 6.45) is 3.25. The van der Waals surface area contributed by atoms with Gasteiger partial charge >= 0.3 is 0 Å². The molecule has 5 nitrogen and oxygen atoms in total. The molecule has 6 heteroatoms. The number of aromatic nitrogens is 2. The first kappa shape index (κ1) is 14.6. The van der Waals surface area contributed by atoms with Crippen LogP contribution in [0.5, 0.6) is 0 Å². The molecule has 1 aromatic heterocycles. The number of carbonyl (C=O) groups excluding carboxylic acids is 1. The zero-order valence-electron chi connectivity index (χ0n) is 11.2. The van der Waals surface area contributed by atoms with Gasteiger partial charge in [-0.3, -0.25) is 4.79 Å². The second-order valence-corrected chi connectivity index (χ2v) is 4.89. The first-order valence-electron chi connectivity index (χ1n) is 6.49. The normalized spacial score (nSPS) is 12.2. The first-order valence-corrected chi connectivity index (χ1v) is 6.86. The number of carbonyl (C=O) groups is 1. The van der Waals surface area contributed by atoms with E-state index in [1.165, 1.54) is 0 Å². The fourth-order valence-electron chi connectivity index (χ4n) is 1.82. The summed E-state index contributed by atoms with van der Waals surface area (Å²) >= 11 is 6.10. The largest absolute Gasteiger partial charge is 0.320 e. The number of benzene rings is 1. The van der Waals surface area contributed by atoms with Crippen LogP contribution in [-0.2, 0) is 4.79 Å². The maximum atomic E-state index is 11.8. The highest BCUT2D eigenvalue weighted by atomic mass is 35.5. The second kappa shape index (κ2) is 6.54. The van der Waals surface area contributed by atoms with Gasteiger partial charge in [0.1, 0.15) is 0 Å². The van der Waals surface area contributed by atoms with E-state index in [1.54, 1.807) is 23.0 Å². The minimum atomic E-state index is -0.509. The average Bonchev–Trinajstić information content (AvgIpc) is 2.87. The molecule has 1 unspecified atom stereocenters. The van der Waals surface area contributed by atoms with Crippen molar-refractivity contribution in [1.29, 1.82) is 0 Å². The van der Waals surface area contributed by atoms with Gasteiger partial charge < -0.3 is 11.1 Å². The molecule has 1 atom stereocenters. The predicted octanol–water partition coefficient (Wildman–Crippen LogP) is 2.59. The quantitative estimate of drug-likeness (QED) is 0.889. The lowest BCUT2D eigenvalue weighted by atomic mass is 10.2. The van der Waals surface area contributed by atoms with Gasteiger partial charge in [-0.2, -0.15) is 5.10 Å². The van der Waals surface area contributed by atoms with Gasteiger partial charge in [0, 0.05) is 12.3 Å². The smallest absolute Gasteiger partial charge is 0.242 e. The molecule has 0 aliphatic rings. The number of halogens is 1. The summed E-state index contributed by atoms with van der Waals surface area (Å²) < 4.78 is 1.61. The van der Waals surface area contributed by atoms with Gasteiger partial charge in [-0.1, -0.05) is 37.1 Å². The van der Waals surface area contributed by atoms with Crippen molar-refractivity contribution in [3.05, 3.63) is 41.6 Å². The molecule has 1 aromatic carbocycles. The molecule has 0 fully saturated rings. The highest BCUT2D eigenvalue weighted by Crippen LogP contribution is 2.19. The molecule has 0 bridgehead atoms. The average molecular weight is 293 g/mol. The van der Waals surface area contributed by atoms with Gasteiger partial charge in [-0.25, -0.2) is 4.68 Å². The summed E-state index contributed by atoms with van der Waals surface area (Å²) in [7, 11) is 0. The summed E-state index contributed by atoms with van der Waals surface area (Å²) in [5.74, 6) is 0.234. The second-order valence-electron chi connectivity index (χ2n) is 4.48. The molecule has 106 valence electrons. The molecule has 2 rings (SSSR count). The molecule has 1 heterocycles. The number of nitrogens with two attached hydrogens (primary N) is 1. The Balaban J connectivity index is 2.10. The van der Waals surface area contributed by atoms with E-state index in [2.05, 4.69) is 10.4 Å². The van der Waals surface area contributed by atoms with Gasteiger partial charge in [0.05, 0.1) is 16.8 Å². The number of amides is 1. The summed E-state index contributed by atoms with van der Waals surface area (Å²) in [6, 6.07) is 8.56. The Hall–Kier alpha value is -1.85. The molecular formula is C14H17ClN4O. The van der Waals surface area contributed by atoms with Crippen LogP contribution in [0, 0.1) is 0 Å². The Morgan fingerprint density at radius 3 is 2.90 bits per heavy atom. The number of rotatable bonds is 5. The summed E-state index contributed by atoms with van der Waals surface area (Å²) in [6.45, 7) is 1.99. The Morgan fingerprint density at radius 1 is 1.45 bits per heavy atom. The Morgan fingerprint density at radius 2 is 2.20 bits per heavy atom. The van der Waals surface area contributed by atoms with E-state index in [1.807, 2.05) is 25.1 Å². The van der Waals surface area contributed by atoms with Gasteiger partial charge in [0.25, 0.3) is 0 Å². The van der Waals surface area contributed by atoms with E-state index in [4.69, 9.17) is 17.3 Å². The summed E-state index contributed by atoms with van der Waals surface area (Å²) in [4.78, 5) is 11.8. The van der Waals surface area contributed by atoms with Crippen molar-refractivity contribution in [3.8, 4) is 5.69 Å². The number of hydrogen-bond acceptors (Lipinski definition) is 3. The molecule has 2 aromatic rings. The third-order valence-electron chi connectivity index (χ3n) is 2.88. The van der Waals surface area contributed by atoms with E-state index >= 15 is 0 Å². The van der Waals surface area contributed by atoms with Gasteiger partial charge in [-0.15, -0.1) is 0 Å². The van der Waals surface area contributed by atoms with Crippen LogP contribution in [0.25, 0.3) is 5.69 Å². The van der Waals surface area contributed by atoms with Crippen LogP contribution in [0.15, 0.2) is 36.5 Å². The zero-order valence-corrected chi connectivity index (χ0v) is 12.0. The van der Waals surface area contributed by atoms with Crippen LogP contribution in [-0.4, -0.2) is 21.7 Å². The number of nitrogens with one attached hydrogen (secondary N) is 1. The first-order chi connectivity index (χ1) is 9.61. The lowest BCUT2D eigenvalue weighted by molar-refractivity contribution is -0.117. The van der Waals surface area contributed by atoms with Crippen molar-refractivity contribution < 1.29 is 4.79 Å². The Kier molecular flexibility index (Phi) is 4.76. The monoisotopic (exact) mass is 292 g/mol. The molecule has 0 radical (unpaired) electrons. The van der Waals surface area contributed by atoms with Crippen molar-refractivity contribution in [2.75, 3.05) is 5.32 Å². The van der Waals surface area contributed by atoms with Crippen molar-refractivity contribution in [3.63, 3.8) is 0 Å². The molecule has 3 N–H and O–H groups in total. The van der Waals surface area contributed by atoms with Gasteiger partial charge in [0.2, 0.25) is 5.91 Å². The van der Waals surface area contributed by atoms with Crippen molar-refractivity contribution in [1.82, 2.24) is 9.78 Å². The minimum absolute atomic E-state index is 0.226. The van der Waals surface area contributed by atoms with Crippen molar-refractivity contribution >= 4 is 23.3 Å². The van der Waals surface area contributed by atoms with Crippen molar-refractivity contribution in [2.45, 2.75) is 25.8 Å². The Labute approximate surface area is 122 Å². The van der Waals surface area contributed by atoms with E-state index in [0.717, 1.165) is 12.1 Å². The molecule has 0 aliphatic carbocycles. The van der Waals surface area contributed by atoms with E-state index in [0.29, 0.717) is 17.3 Å². The van der Waals surface area contributed by atoms with E-state index < -0.39 is 6.04 Å². The molecular weight excluding hydrogens is 276 g/mol. The van der Waals surface area contributed by atoms with Crippen LogP contribution < -0.4 is 11.1 Å². The lowest BCUT2D eigenvalue weighted by Gasteiger charge is -2.09.